The minimum absolute atomic E-state index is 0.0134. The molecule has 0 fully saturated rings. The molecule has 0 spiro atoms. The molecule has 0 saturated heterocycles. The Morgan fingerprint density at radius 1 is 1.15 bits per heavy atom. The summed E-state index contributed by atoms with van der Waals surface area (Å²) >= 11 is 0. The van der Waals surface area contributed by atoms with Crippen LogP contribution in [0.2, 0.25) is 0 Å². The molecule has 1 aromatic rings. The number of carbonyl (C=O) groups excluding carboxylic acids is 3. The third-order valence-corrected chi connectivity index (χ3v) is 3.59. The maximum atomic E-state index is 12.5. The predicted molar refractivity (Wildman–Crippen MR) is 92.8 cm³/mol. The van der Waals surface area contributed by atoms with Crippen LogP contribution in [0.25, 0.3) is 0 Å². The Morgan fingerprint density at radius 3 is 2.38 bits per heavy atom. The number of amides is 1. The molecule has 0 aromatic heterocycles. The average Bonchev–Trinajstić information content (AvgIpc) is 3.04. The van der Waals surface area contributed by atoms with Crippen molar-refractivity contribution in [3.05, 3.63) is 47.7 Å². The van der Waals surface area contributed by atoms with E-state index in [0.29, 0.717) is 0 Å². The summed E-state index contributed by atoms with van der Waals surface area (Å²) in [5.74, 6) is -1.22. The van der Waals surface area contributed by atoms with Gasteiger partial charge in [-0.1, -0.05) is 30.3 Å². The first-order chi connectivity index (χ1) is 12.2. The van der Waals surface area contributed by atoms with Gasteiger partial charge in [-0.05, 0) is 26.3 Å². The Bertz CT molecular complexity index is 704. The van der Waals surface area contributed by atoms with Gasteiger partial charge in [0.1, 0.15) is 18.2 Å². The van der Waals surface area contributed by atoms with Crippen LogP contribution in [0.5, 0.6) is 0 Å². The normalized spacial score (nSPS) is 16.7. The van der Waals surface area contributed by atoms with Crippen molar-refractivity contribution in [3.8, 4) is 0 Å². The maximum Gasteiger partial charge on any atom is 0.415 e. The lowest BCUT2D eigenvalue weighted by molar-refractivity contribution is -0.149. The fraction of sp³-hybridized carbons (Fsp3) is 0.421. The molecule has 0 unspecified atom stereocenters. The van der Waals surface area contributed by atoms with Crippen LogP contribution in [0.15, 0.2) is 42.1 Å². The number of rotatable bonds is 4. The fourth-order valence-electron chi connectivity index (χ4n) is 2.40. The van der Waals surface area contributed by atoms with Crippen LogP contribution >= 0.6 is 0 Å². The summed E-state index contributed by atoms with van der Waals surface area (Å²) in [5, 5.41) is 0. The molecule has 140 valence electrons. The average molecular weight is 361 g/mol. The zero-order valence-electron chi connectivity index (χ0n) is 15.4. The van der Waals surface area contributed by atoms with Gasteiger partial charge in [0.2, 0.25) is 0 Å². The van der Waals surface area contributed by atoms with E-state index in [1.165, 1.54) is 13.3 Å². The molecule has 1 amide bonds. The van der Waals surface area contributed by atoms with Gasteiger partial charge in [0.25, 0.3) is 0 Å². The van der Waals surface area contributed by atoms with Gasteiger partial charge in [0, 0.05) is 12.6 Å². The Morgan fingerprint density at radius 2 is 1.81 bits per heavy atom. The topological polar surface area (TPSA) is 82.1 Å². The first kappa shape index (κ1) is 19.5. The number of methoxy groups -OCH3 is 1. The van der Waals surface area contributed by atoms with Crippen LogP contribution in [0.1, 0.15) is 32.8 Å². The van der Waals surface area contributed by atoms with Crippen LogP contribution in [0.4, 0.5) is 4.79 Å². The molecular formula is C19H23NO6. The molecule has 26 heavy (non-hydrogen) atoms. The van der Waals surface area contributed by atoms with Crippen molar-refractivity contribution in [1.82, 2.24) is 4.90 Å². The molecule has 0 aliphatic carbocycles. The van der Waals surface area contributed by atoms with Crippen LogP contribution < -0.4 is 0 Å². The van der Waals surface area contributed by atoms with E-state index in [-0.39, 0.29) is 18.6 Å². The van der Waals surface area contributed by atoms with Crippen LogP contribution in [0.3, 0.4) is 0 Å². The van der Waals surface area contributed by atoms with Gasteiger partial charge < -0.3 is 14.2 Å². The van der Waals surface area contributed by atoms with Crippen molar-refractivity contribution in [2.24, 2.45) is 0 Å². The number of benzene rings is 1. The molecule has 1 aliphatic heterocycles. The molecule has 7 heteroatoms. The molecule has 1 atom stereocenters. The van der Waals surface area contributed by atoms with Crippen molar-refractivity contribution in [2.75, 3.05) is 7.11 Å². The van der Waals surface area contributed by atoms with E-state index in [1.807, 2.05) is 30.3 Å². The Labute approximate surface area is 152 Å². The monoisotopic (exact) mass is 361 g/mol. The van der Waals surface area contributed by atoms with Crippen molar-refractivity contribution in [1.29, 1.82) is 0 Å². The van der Waals surface area contributed by atoms with Crippen LogP contribution in [-0.4, -0.2) is 41.7 Å². The SMILES string of the molecule is COC(=O)C1=CN(C(=O)OC(C)(C)C)[C@H](C(=O)OCc2ccccc2)C1. The number of ether oxygens (including phenoxy) is 3. The quantitative estimate of drug-likeness (QED) is 0.606. The van der Waals surface area contributed by atoms with Gasteiger partial charge in [0.15, 0.2) is 0 Å². The van der Waals surface area contributed by atoms with Crippen molar-refractivity contribution < 1.29 is 28.6 Å². The summed E-state index contributed by atoms with van der Waals surface area (Å²) in [6.07, 6.45) is 0.575. The molecule has 0 saturated carbocycles. The highest BCUT2D eigenvalue weighted by Crippen LogP contribution is 2.26. The lowest BCUT2D eigenvalue weighted by Crippen LogP contribution is -2.42. The molecule has 1 heterocycles. The van der Waals surface area contributed by atoms with E-state index >= 15 is 0 Å². The standard InChI is InChI=1S/C19H23NO6/c1-19(2,3)26-18(23)20-11-14(16(21)24-4)10-15(20)17(22)25-12-13-8-6-5-7-9-13/h5-9,11,15H,10,12H2,1-4H3/t15-/m0/s1. The number of hydrogen-bond donors (Lipinski definition) is 0. The minimum Gasteiger partial charge on any atom is -0.466 e. The first-order valence-electron chi connectivity index (χ1n) is 8.22. The van der Waals surface area contributed by atoms with Crippen molar-refractivity contribution in [2.45, 2.75) is 45.4 Å². The van der Waals surface area contributed by atoms with Gasteiger partial charge in [-0.25, -0.2) is 14.4 Å². The zero-order valence-corrected chi connectivity index (χ0v) is 15.4. The highest BCUT2D eigenvalue weighted by atomic mass is 16.6. The number of carbonyl (C=O) groups is 3. The number of hydrogen-bond acceptors (Lipinski definition) is 6. The largest absolute Gasteiger partial charge is 0.466 e. The van der Waals surface area contributed by atoms with Gasteiger partial charge in [-0.15, -0.1) is 0 Å². The summed E-state index contributed by atoms with van der Waals surface area (Å²) in [5.41, 5.74) is 0.293. The second-order valence-corrected chi connectivity index (χ2v) is 6.85. The van der Waals surface area contributed by atoms with E-state index in [2.05, 4.69) is 4.74 Å². The van der Waals surface area contributed by atoms with Crippen molar-refractivity contribution >= 4 is 18.0 Å². The minimum atomic E-state index is -0.970. The van der Waals surface area contributed by atoms with Crippen LogP contribution in [-0.2, 0) is 30.4 Å². The Hall–Kier alpha value is -2.83. The first-order valence-corrected chi connectivity index (χ1v) is 8.22. The summed E-state index contributed by atoms with van der Waals surface area (Å²) in [4.78, 5) is 37.8. The van der Waals surface area contributed by atoms with Gasteiger partial charge in [0.05, 0.1) is 12.7 Å². The van der Waals surface area contributed by atoms with Crippen LogP contribution in [0, 0.1) is 0 Å². The molecule has 1 aromatic carbocycles. The summed E-state index contributed by atoms with van der Waals surface area (Å²) in [6.45, 7) is 5.23. The number of nitrogens with zero attached hydrogens (tertiary/aromatic N) is 1. The van der Waals surface area contributed by atoms with Gasteiger partial charge in [-0.3, -0.25) is 4.90 Å². The highest BCUT2D eigenvalue weighted by molar-refractivity contribution is 5.93. The van der Waals surface area contributed by atoms with Crippen molar-refractivity contribution in [3.63, 3.8) is 0 Å². The molecule has 2 rings (SSSR count). The molecule has 0 N–H and O–H groups in total. The smallest absolute Gasteiger partial charge is 0.415 e. The lowest BCUT2D eigenvalue weighted by atomic mass is 10.1. The third kappa shape index (κ3) is 5.08. The van der Waals surface area contributed by atoms with Gasteiger partial charge in [-0.2, -0.15) is 0 Å². The van der Waals surface area contributed by atoms with E-state index in [1.54, 1.807) is 20.8 Å². The third-order valence-electron chi connectivity index (χ3n) is 3.59. The molecule has 0 bridgehead atoms. The Kier molecular flexibility index (Phi) is 6.02. The lowest BCUT2D eigenvalue weighted by Gasteiger charge is -2.26. The summed E-state index contributed by atoms with van der Waals surface area (Å²) < 4.78 is 15.3. The summed E-state index contributed by atoms with van der Waals surface area (Å²) in [6, 6.07) is 8.21. The predicted octanol–water partition coefficient (Wildman–Crippen LogP) is 2.80. The summed E-state index contributed by atoms with van der Waals surface area (Å²) in [7, 11) is 1.24. The molecule has 1 aliphatic rings. The number of esters is 2. The Balaban J connectivity index is 2.11. The fourth-order valence-corrected chi connectivity index (χ4v) is 2.40. The maximum absolute atomic E-state index is 12.5. The van der Waals surface area contributed by atoms with E-state index in [0.717, 1.165) is 10.5 Å². The second-order valence-electron chi connectivity index (χ2n) is 6.85. The van der Waals surface area contributed by atoms with E-state index in [4.69, 9.17) is 9.47 Å². The molecular weight excluding hydrogens is 338 g/mol. The molecule has 0 radical (unpaired) electrons. The zero-order chi connectivity index (χ0) is 19.3. The highest BCUT2D eigenvalue weighted by Gasteiger charge is 2.40. The molecule has 7 nitrogen and oxygen atoms in total. The van der Waals surface area contributed by atoms with Gasteiger partial charge >= 0.3 is 18.0 Å². The second kappa shape index (κ2) is 8.03. The van der Waals surface area contributed by atoms with E-state index in [9.17, 15) is 14.4 Å². The van der Waals surface area contributed by atoms with E-state index < -0.39 is 29.7 Å².